The first-order valence-corrected chi connectivity index (χ1v) is 10.1. The maximum Gasteiger partial charge on any atom is 0.417 e. The van der Waals surface area contributed by atoms with E-state index in [0.717, 1.165) is 0 Å². The first-order valence-electron chi connectivity index (χ1n) is 10.1. The predicted molar refractivity (Wildman–Crippen MR) is 125 cm³/mol. The van der Waals surface area contributed by atoms with Gasteiger partial charge in [-0.15, -0.1) is 0 Å². The Morgan fingerprint density at radius 1 is 0.500 bits per heavy atom. The van der Waals surface area contributed by atoms with Gasteiger partial charge >= 0.3 is 12.2 Å². The summed E-state index contributed by atoms with van der Waals surface area (Å²) in [6, 6.07) is 28.3. The van der Waals surface area contributed by atoms with Gasteiger partial charge in [-0.3, -0.25) is 10.6 Å². The van der Waals surface area contributed by atoms with E-state index in [1.54, 1.807) is 48.5 Å². The van der Waals surface area contributed by atoms with E-state index in [-0.39, 0.29) is 11.6 Å². The number of para-hydroxylation sites is 2. The van der Waals surface area contributed by atoms with Gasteiger partial charge in [0, 0.05) is 11.4 Å². The highest BCUT2D eigenvalue weighted by Crippen LogP contribution is 2.13. The van der Waals surface area contributed by atoms with Gasteiger partial charge < -0.3 is 9.47 Å². The van der Waals surface area contributed by atoms with Gasteiger partial charge in [-0.05, 0) is 72.8 Å². The molecule has 4 rings (SSSR count). The van der Waals surface area contributed by atoms with Gasteiger partial charge in [-0.1, -0.05) is 36.4 Å². The molecule has 0 saturated heterocycles. The Hall–Kier alpha value is -4.72. The topological polar surface area (TPSA) is 76.7 Å². The summed E-state index contributed by atoms with van der Waals surface area (Å²) in [4.78, 5) is 22.9. The Labute approximate surface area is 194 Å². The molecule has 0 atom stereocenters. The minimum absolute atomic E-state index is 0.355. The molecule has 2 amide bonds. The van der Waals surface area contributed by atoms with Crippen LogP contribution in [0.3, 0.4) is 0 Å². The van der Waals surface area contributed by atoms with Crippen molar-refractivity contribution in [3.63, 3.8) is 0 Å². The molecule has 4 aromatic rings. The summed E-state index contributed by atoms with van der Waals surface area (Å²) in [7, 11) is 0. The third-order valence-corrected chi connectivity index (χ3v) is 4.09. The van der Waals surface area contributed by atoms with Crippen LogP contribution in [0.4, 0.5) is 29.7 Å². The molecule has 0 aromatic heterocycles. The first kappa shape index (κ1) is 23.9. The lowest BCUT2D eigenvalue weighted by molar-refractivity contribution is 0.214. The van der Waals surface area contributed by atoms with Crippen LogP contribution >= 0.6 is 0 Å². The number of carbonyl (C=O) groups is 2. The fourth-order valence-corrected chi connectivity index (χ4v) is 2.54. The Kier molecular flexibility index (Phi) is 8.69. The number of nitrogens with one attached hydrogen (secondary N) is 2. The van der Waals surface area contributed by atoms with Crippen LogP contribution in [0.5, 0.6) is 11.5 Å². The third kappa shape index (κ3) is 8.43. The Morgan fingerprint density at radius 3 is 1.15 bits per heavy atom. The summed E-state index contributed by atoms with van der Waals surface area (Å²) in [5, 5.41) is 4.98. The van der Waals surface area contributed by atoms with E-state index in [1.165, 1.54) is 48.5 Å². The minimum atomic E-state index is -0.609. The van der Waals surface area contributed by atoms with Crippen LogP contribution in [-0.4, -0.2) is 12.2 Å². The van der Waals surface area contributed by atoms with Crippen LogP contribution in [0.25, 0.3) is 0 Å². The molecule has 0 aliphatic rings. The van der Waals surface area contributed by atoms with Crippen molar-refractivity contribution >= 4 is 23.6 Å². The van der Waals surface area contributed by atoms with Crippen molar-refractivity contribution in [1.82, 2.24) is 0 Å². The van der Waals surface area contributed by atoms with Crippen LogP contribution in [-0.2, 0) is 0 Å². The number of ether oxygens (including phenoxy) is 2. The summed E-state index contributed by atoms with van der Waals surface area (Å²) in [6.45, 7) is 0. The highest BCUT2D eigenvalue weighted by molar-refractivity contribution is 5.86. The lowest BCUT2D eigenvalue weighted by atomic mass is 10.3. The van der Waals surface area contributed by atoms with E-state index >= 15 is 0 Å². The lowest BCUT2D eigenvalue weighted by Crippen LogP contribution is -2.16. The molecule has 6 nitrogen and oxygen atoms in total. The molecule has 34 heavy (non-hydrogen) atoms. The number of rotatable bonds is 4. The number of hydrogen-bond acceptors (Lipinski definition) is 4. The van der Waals surface area contributed by atoms with E-state index in [0.29, 0.717) is 22.9 Å². The molecule has 0 bridgehead atoms. The molecular weight excluding hydrogens is 442 g/mol. The van der Waals surface area contributed by atoms with Crippen molar-refractivity contribution in [2.24, 2.45) is 0 Å². The second kappa shape index (κ2) is 12.4. The molecule has 0 unspecified atom stereocenters. The molecule has 0 saturated carbocycles. The van der Waals surface area contributed by atoms with Gasteiger partial charge in [0.05, 0.1) is 0 Å². The zero-order valence-electron chi connectivity index (χ0n) is 17.8. The lowest BCUT2D eigenvalue weighted by Gasteiger charge is -2.06. The van der Waals surface area contributed by atoms with E-state index in [4.69, 9.17) is 9.47 Å². The van der Waals surface area contributed by atoms with E-state index < -0.39 is 12.2 Å². The van der Waals surface area contributed by atoms with Gasteiger partial charge in [0.25, 0.3) is 0 Å². The Morgan fingerprint density at radius 2 is 0.824 bits per heavy atom. The molecule has 8 heteroatoms. The largest absolute Gasteiger partial charge is 0.417 e. The molecule has 0 aliphatic heterocycles. The maximum atomic E-state index is 12.6. The van der Waals surface area contributed by atoms with Crippen LogP contribution in [0.15, 0.2) is 109 Å². The average molecular weight is 462 g/mol. The second-order valence-corrected chi connectivity index (χ2v) is 6.67. The summed E-state index contributed by atoms with van der Waals surface area (Å²) in [5.74, 6) is 0.193. The van der Waals surface area contributed by atoms with Gasteiger partial charge in [-0.25, -0.2) is 18.4 Å². The number of anilines is 2. The van der Waals surface area contributed by atoms with Gasteiger partial charge in [-0.2, -0.15) is 0 Å². The average Bonchev–Trinajstić information content (AvgIpc) is 2.84. The Bertz CT molecular complexity index is 1090. The number of carbonyl (C=O) groups excluding carboxylic acids is 2. The SMILES string of the molecule is O=C(Nc1ccc(F)cc1)Oc1ccccc1.O=C(Nc1ccc(F)cc1)Oc1ccccc1. The molecule has 2 N–H and O–H groups in total. The molecular formula is C26H20F2N2O4. The quantitative estimate of drug-likeness (QED) is 0.347. The van der Waals surface area contributed by atoms with Gasteiger partial charge in [0.15, 0.2) is 0 Å². The third-order valence-electron chi connectivity index (χ3n) is 4.09. The molecule has 0 spiro atoms. The fraction of sp³-hybridized carbons (Fsp3) is 0. The molecule has 0 aliphatic carbocycles. The normalized spacial score (nSPS) is 9.71. The second-order valence-electron chi connectivity index (χ2n) is 6.67. The molecule has 0 fully saturated rings. The summed E-state index contributed by atoms with van der Waals surface area (Å²) in [5.41, 5.74) is 0.958. The monoisotopic (exact) mass is 462 g/mol. The van der Waals surface area contributed by atoms with Crippen molar-refractivity contribution in [2.75, 3.05) is 10.6 Å². The van der Waals surface area contributed by atoms with E-state index in [2.05, 4.69) is 10.6 Å². The maximum absolute atomic E-state index is 12.6. The fourth-order valence-electron chi connectivity index (χ4n) is 2.54. The standard InChI is InChI=1S/2C13H10FNO2/c2*14-10-6-8-11(9-7-10)15-13(16)17-12-4-2-1-3-5-12/h2*1-9H,(H,15,16). The van der Waals surface area contributed by atoms with Crippen LogP contribution in [0.2, 0.25) is 0 Å². The highest BCUT2D eigenvalue weighted by Gasteiger charge is 2.05. The van der Waals surface area contributed by atoms with Crippen LogP contribution in [0, 0.1) is 11.6 Å². The smallest absolute Gasteiger partial charge is 0.410 e. The van der Waals surface area contributed by atoms with Crippen molar-refractivity contribution in [3.05, 3.63) is 121 Å². The van der Waals surface area contributed by atoms with Gasteiger partial charge in [0.2, 0.25) is 0 Å². The van der Waals surface area contributed by atoms with E-state index in [9.17, 15) is 18.4 Å². The minimum Gasteiger partial charge on any atom is -0.410 e. The first-order chi connectivity index (χ1) is 16.5. The Balaban J connectivity index is 0.000000191. The zero-order valence-corrected chi connectivity index (χ0v) is 17.8. The van der Waals surface area contributed by atoms with Crippen molar-refractivity contribution < 1.29 is 27.8 Å². The number of hydrogen-bond donors (Lipinski definition) is 2. The summed E-state index contributed by atoms with van der Waals surface area (Å²) in [6.07, 6.45) is -1.22. The van der Waals surface area contributed by atoms with Crippen LogP contribution < -0.4 is 20.1 Å². The van der Waals surface area contributed by atoms with Crippen LogP contribution in [0.1, 0.15) is 0 Å². The van der Waals surface area contributed by atoms with Gasteiger partial charge in [0.1, 0.15) is 23.1 Å². The molecule has 0 heterocycles. The molecule has 172 valence electrons. The number of amides is 2. The molecule has 4 aromatic carbocycles. The van der Waals surface area contributed by atoms with E-state index in [1.807, 2.05) is 12.1 Å². The van der Waals surface area contributed by atoms with Crippen molar-refractivity contribution in [2.45, 2.75) is 0 Å². The summed E-state index contributed by atoms with van der Waals surface area (Å²) < 4.78 is 35.3. The zero-order chi connectivity index (χ0) is 24.2. The predicted octanol–water partition coefficient (Wildman–Crippen LogP) is 6.87. The van der Waals surface area contributed by atoms with Crippen molar-refractivity contribution in [3.8, 4) is 11.5 Å². The summed E-state index contributed by atoms with van der Waals surface area (Å²) >= 11 is 0. The number of benzene rings is 4. The number of halogens is 2. The van der Waals surface area contributed by atoms with Crippen molar-refractivity contribution in [1.29, 1.82) is 0 Å². The molecule has 0 radical (unpaired) electrons. The highest BCUT2D eigenvalue weighted by atomic mass is 19.1.